The molecule has 4 aromatic rings. The number of ether oxygens (including phenoxy) is 1. The van der Waals surface area contributed by atoms with Crippen molar-refractivity contribution in [1.29, 1.82) is 0 Å². The number of thiazole rings is 1. The molecule has 3 aliphatic rings. The first-order chi connectivity index (χ1) is 19.8. The van der Waals surface area contributed by atoms with Gasteiger partial charge < -0.3 is 15.4 Å². The zero-order chi connectivity index (χ0) is 28.3. The summed E-state index contributed by atoms with van der Waals surface area (Å²) >= 11 is 7.76. The number of hydrogen-bond donors (Lipinski definition) is 1. The smallest absolute Gasteiger partial charge is 0.319 e. The average Bonchev–Trinajstić information content (AvgIpc) is 3.52. The number of fused-ring (bicyclic) bond motifs is 3. The van der Waals surface area contributed by atoms with E-state index in [9.17, 15) is 8.78 Å². The van der Waals surface area contributed by atoms with Crippen LogP contribution in [0.5, 0.6) is 6.01 Å². The largest absolute Gasteiger partial charge is 0.461 e. The fourth-order valence-corrected chi connectivity index (χ4v) is 7.89. The number of nitrogen functional groups attached to an aromatic ring is 1. The molecule has 12 heteroatoms. The molecule has 0 bridgehead atoms. The molecule has 3 fully saturated rings. The number of anilines is 2. The van der Waals surface area contributed by atoms with Gasteiger partial charge in [-0.3, -0.25) is 4.90 Å². The Kier molecular flexibility index (Phi) is 6.86. The van der Waals surface area contributed by atoms with Crippen LogP contribution in [0.3, 0.4) is 0 Å². The van der Waals surface area contributed by atoms with Gasteiger partial charge in [0.1, 0.15) is 29.9 Å². The van der Waals surface area contributed by atoms with Gasteiger partial charge in [-0.1, -0.05) is 35.8 Å². The summed E-state index contributed by atoms with van der Waals surface area (Å²) in [5.41, 5.74) is 6.19. The summed E-state index contributed by atoms with van der Waals surface area (Å²) in [5, 5.41) is 0.795. The van der Waals surface area contributed by atoms with E-state index in [1.54, 1.807) is 6.07 Å². The maximum atomic E-state index is 16.6. The van der Waals surface area contributed by atoms with Gasteiger partial charge in [0.05, 0.1) is 20.8 Å². The Morgan fingerprint density at radius 3 is 2.66 bits per heavy atom. The molecule has 2 N–H and O–H groups in total. The topological polar surface area (TPSA) is 80.4 Å². The maximum absolute atomic E-state index is 16.6. The molecule has 0 radical (unpaired) electrons. The van der Waals surface area contributed by atoms with E-state index in [0.717, 1.165) is 69.5 Å². The van der Waals surface area contributed by atoms with Crippen molar-refractivity contribution in [3.63, 3.8) is 0 Å². The molecule has 0 aliphatic carbocycles. The van der Waals surface area contributed by atoms with Crippen LogP contribution in [0.4, 0.5) is 24.1 Å². The first-order valence-corrected chi connectivity index (χ1v) is 15.3. The Morgan fingerprint density at radius 2 is 1.85 bits per heavy atom. The molecule has 216 valence electrons. The average molecular weight is 603 g/mol. The van der Waals surface area contributed by atoms with Gasteiger partial charge in [0, 0.05) is 42.6 Å². The first kappa shape index (κ1) is 27.0. The predicted octanol–water partition coefficient (Wildman–Crippen LogP) is 6.76. The first-order valence-electron chi connectivity index (χ1n) is 14.1. The minimum absolute atomic E-state index is 0.0506. The monoisotopic (exact) mass is 602 g/mol. The van der Waals surface area contributed by atoms with Crippen molar-refractivity contribution >= 4 is 55.0 Å². The third kappa shape index (κ3) is 4.66. The van der Waals surface area contributed by atoms with Crippen molar-refractivity contribution in [2.45, 2.75) is 56.7 Å². The molecular formula is C29H30ClF3N6OS. The van der Waals surface area contributed by atoms with Gasteiger partial charge in [-0.25, -0.2) is 18.2 Å². The van der Waals surface area contributed by atoms with Crippen molar-refractivity contribution in [3.8, 4) is 17.1 Å². The van der Waals surface area contributed by atoms with Gasteiger partial charge in [0.15, 0.2) is 10.9 Å². The molecule has 3 saturated heterocycles. The van der Waals surface area contributed by atoms with Crippen LogP contribution >= 0.6 is 22.9 Å². The summed E-state index contributed by atoms with van der Waals surface area (Å²) in [6.45, 7) is 3.02. The molecule has 7 rings (SSSR count). The highest BCUT2D eigenvalue weighted by Crippen LogP contribution is 2.44. The quantitative estimate of drug-likeness (QED) is 0.270. The number of benzene rings is 2. The number of aromatic nitrogens is 3. The number of nitrogens with two attached hydrogens (primary N) is 1. The van der Waals surface area contributed by atoms with E-state index in [1.165, 1.54) is 12.1 Å². The number of alkyl halides is 1. The fraction of sp³-hybridized carbons (Fsp3) is 0.483. The van der Waals surface area contributed by atoms with Gasteiger partial charge in [-0.05, 0) is 50.4 Å². The van der Waals surface area contributed by atoms with Crippen LogP contribution in [0.25, 0.3) is 32.2 Å². The van der Waals surface area contributed by atoms with E-state index in [-0.39, 0.29) is 44.1 Å². The third-order valence-corrected chi connectivity index (χ3v) is 9.95. The highest BCUT2D eigenvalue weighted by molar-refractivity contribution is 7.22. The molecule has 2 atom stereocenters. The molecule has 7 nitrogen and oxygen atoms in total. The highest BCUT2D eigenvalue weighted by atomic mass is 35.5. The molecule has 5 heterocycles. The second kappa shape index (κ2) is 10.4. The van der Waals surface area contributed by atoms with E-state index in [2.05, 4.69) is 19.8 Å². The molecule has 0 spiro atoms. The molecule has 0 amide bonds. The van der Waals surface area contributed by atoms with E-state index in [4.69, 9.17) is 27.1 Å². The fourth-order valence-electron chi connectivity index (χ4n) is 6.84. The van der Waals surface area contributed by atoms with Crippen LogP contribution in [0.15, 0.2) is 18.2 Å². The Balaban J connectivity index is 1.37. The van der Waals surface area contributed by atoms with Gasteiger partial charge in [0.25, 0.3) is 0 Å². The minimum Gasteiger partial charge on any atom is -0.461 e. The minimum atomic E-state index is -0.890. The Morgan fingerprint density at radius 1 is 1.05 bits per heavy atom. The Bertz CT molecular complexity index is 1640. The van der Waals surface area contributed by atoms with Crippen LogP contribution in [0.2, 0.25) is 5.02 Å². The second-order valence-corrected chi connectivity index (χ2v) is 12.8. The maximum Gasteiger partial charge on any atom is 0.319 e. The van der Waals surface area contributed by atoms with E-state index in [1.807, 2.05) is 0 Å². The molecule has 41 heavy (non-hydrogen) atoms. The lowest BCUT2D eigenvalue weighted by Gasteiger charge is -2.31. The summed E-state index contributed by atoms with van der Waals surface area (Å²) in [5.74, 6) is -0.586. The normalized spacial score (nSPS) is 23.4. The van der Waals surface area contributed by atoms with Gasteiger partial charge in [-0.15, -0.1) is 0 Å². The Hall–Kier alpha value is -2.89. The number of rotatable bonds is 5. The standard InChI is InChI=1S/C29H30ClF3N6OS/c30-19-12-18-23(22(33)21(19)17-6-7-20(32)25-24(17)35-27(34)41-25)36-28(37-26(18)38-9-3-1-2-4-10-38)40-15-29-8-5-11-39(29)14-16(31)13-29/h6-7,12,16H,1-5,8-11,13-15H2,(H2,34,35)/t16-,29+/m1/s1. The molecule has 0 saturated carbocycles. The lowest BCUT2D eigenvalue weighted by Crippen LogP contribution is -2.43. The van der Waals surface area contributed by atoms with E-state index >= 15 is 4.39 Å². The van der Waals surface area contributed by atoms with Crippen LogP contribution in [0, 0.1) is 11.6 Å². The predicted molar refractivity (Wildman–Crippen MR) is 157 cm³/mol. The van der Waals surface area contributed by atoms with Crippen molar-refractivity contribution in [3.05, 3.63) is 34.9 Å². The number of halogens is 4. The summed E-state index contributed by atoms with van der Waals surface area (Å²) in [6, 6.07) is 4.45. The molecule has 3 aliphatic heterocycles. The molecule has 2 aromatic heterocycles. The van der Waals surface area contributed by atoms with Crippen LogP contribution < -0.4 is 15.4 Å². The third-order valence-electron chi connectivity index (χ3n) is 8.76. The zero-order valence-electron chi connectivity index (χ0n) is 22.4. The van der Waals surface area contributed by atoms with E-state index in [0.29, 0.717) is 29.7 Å². The van der Waals surface area contributed by atoms with Crippen LogP contribution in [0.1, 0.15) is 44.9 Å². The zero-order valence-corrected chi connectivity index (χ0v) is 24.0. The van der Waals surface area contributed by atoms with Crippen molar-refractivity contribution in [1.82, 2.24) is 19.9 Å². The summed E-state index contributed by atoms with van der Waals surface area (Å²) in [6.07, 6.45) is 5.55. The lowest BCUT2D eigenvalue weighted by molar-refractivity contribution is 0.107. The summed E-state index contributed by atoms with van der Waals surface area (Å²) in [7, 11) is 0. The van der Waals surface area contributed by atoms with E-state index < -0.39 is 23.3 Å². The molecule has 0 unspecified atom stereocenters. The summed E-state index contributed by atoms with van der Waals surface area (Å²) < 4.78 is 52.0. The molecule has 2 aromatic carbocycles. The highest BCUT2D eigenvalue weighted by Gasteiger charge is 2.49. The van der Waals surface area contributed by atoms with Crippen LogP contribution in [-0.4, -0.2) is 64.3 Å². The van der Waals surface area contributed by atoms with Gasteiger partial charge in [-0.2, -0.15) is 9.97 Å². The molecular weight excluding hydrogens is 573 g/mol. The van der Waals surface area contributed by atoms with Crippen LogP contribution in [-0.2, 0) is 0 Å². The SMILES string of the molecule is Nc1nc2c(-c3c(Cl)cc4c(N5CCCCCC5)nc(OC[C@@]56CCCN5C[C@H](F)C6)nc4c3F)ccc(F)c2s1. The van der Waals surface area contributed by atoms with Crippen molar-refractivity contribution in [2.75, 3.05) is 43.4 Å². The van der Waals surface area contributed by atoms with Crippen molar-refractivity contribution in [2.24, 2.45) is 0 Å². The van der Waals surface area contributed by atoms with Crippen molar-refractivity contribution < 1.29 is 17.9 Å². The number of nitrogens with zero attached hydrogens (tertiary/aromatic N) is 5. The van der Waals surface area contributed by atoms with Gasteiger partial charge >= 0.3 is 6.01 Å². The Labute approximate surface area is 244 Å². The number of hydrogen-bond acceptors (Lipinski definition) is 8. The second-order valence-electron chi connectivity index (χ2n) is 11.4. The lowest BCUT2D eigenvalue weighted by atomic mass is 9.95. The summed E-state index contributed by atoms with van der Waals surface area (Å²) in [4.78, 5) is 17.9. The van der Waals surface area contributed by atoms with Gasteiger partial charge in [0.2, 0.25) is 0 Å².